The van der Waals surface area contributed by atoms with Crippen LogP contribution >= 0.6 is 11.3 Å². The second-order valence-electron chi connectivity index (χ2n) is 13.1. The number of rotatable bonds is 4. The van der Waals surface area contributed by atoms with Gasteiger partial charge in [0.25, 0.3) is 0 Å². The fourth-order valence-corrected chi connectivity index (χ4v) is 8.82. The number of hydrogen-bond donors (Lipinski definition) is 0. The molecular weight excluding hydrogens is 621 g/mol. The van der Waals surface area contributed by atoms with Crippen molar-refractivity contribution in [2.24, 2.45) is 0 Å². The van der Waals surface area contributed by atoms with Crippen molar-refractivity contribution in [3.8, 4) is 56.4 Å². The number of hydrogen-bond acceptors (Lipinski definition) is 6. The van der Waals surface area contributed by atoms with Crippen LogP contribution in [0.15, 0.2) is 138 Å². The van der Waals surface area contributed by atoms with Crippen LogP contribution in [0, 0.1) is 0 Å². The number of fused-ring (bicyclic) bond motifs is 8. The van der Waals surface area contributed by atoms with Crippen molar-refractivity contribution in [2.45, 2.75) is 19.3 Å². The minimum Gasteiger partial charge on any atom is -0.443 e. The van der Waals surface area contributed by atoms with Crippen molar-refractivity contribution in [1.82, 2.24) is 19.9 Å². The molecule has 6 heteroatoms. The summed E-state index contributed by atoms with van der Waals surface area (Å²) in [5.74, 6) is 1.98. The molecule has 0 atom stereocenters. The first kappa shape index (κ1) is 28.1. The summed E-state index contributed by atoms with van der Waals surface area (Å²) in [6, 6.07) is 44.5. The zero-order valence-corrected chi connectivity index (χ0v) is 27.6. The minimum absolute atomic E-state index is 0.134. The Balaban J connectivity index is 1.17. The molecule has 0 unspecified atom stereocenters. The normalized spacial score (nSPS) is 13.3. The quantitative estimate of drug-likeness (QED) is 0.190. The predicted molar refractivity (Wildman–Crippen MR) is 200 cm³/mol. The lowest BCUT2D eigenvalue weighted by molar-refractivity contribution is 0.601. The van der Waals surface area contributed by atoms with E-state index in [2.05, 4.69) is 85.6 Å². The van der Waals surface area contributed by atoms with E-state index in [1.54, 1.807) is 17.7 Å². The fourth-order valence-electron chi connectivity index (χ4n) is 7.48. The molecule has 1 aliphatic rings. The second kappa shape index (κ2) is 10.5. The van der Waals surface area contributed by atoms with Gasteiger partial charge in [-0.15, -0.1) is 11.3 Å². The van der Waals surface area contributed by atoms with Gasteiger partial charge in [-0.2, -0.15) is 0 Å². The van der Waals surface area contributed by atoms with E-state index in [0.29, 0.717) is 17.5 Å². The Morgan fingerprint density at radius 3 is 1.84 bits per heavy atom. The lowest BCUT2D eigenvalue weighted by Gasteiger charge is -2.21. The molecule has 3 heterocycles. The molecule has 6 aromatic carbocycles. The maximum absolute atomic E-state index is 5.97. The summed E-state index contributed by atoms with van der Waals surface area (Å²) < 4.78 is 8.36. The standard InChI is InChI=1S/C43H28N4OS/c1-43(2)33-20-19-27(23-32(33)36-34(43)21-22-35-37(36)48-24-44-35)28-15-9-16-29-30-17-10-18-31(39(30)49-38(28)29)42-46-40(25-11-5-3-6-12-25)45-41(47-42)26-13-7-4-8-14-26/h3-24H,1-2H3. The Hall–Kier alpha value is -5.98. The Morgan fingerprint density at radius 1 is 0.531 bits per heavy atom. The molecule has 232 valence electrons. The molecule has 5 nitrogen and oxygen atoms in total. The maximum atomic E-state index is 5.97. The Labute approximate surface area is 286 Å². The van der Waals surface area contributed by atoms with Crippen LogP contribution in [0.4, 0.5) is 0 Å². The predicted octanol–water partition coefficient (Wildman–Crippen LogP) is 11.4. The molecule has 0 fully saturated rings. The molecule has 0 amide bonds. The Bertz CT molecular complexity index is 2690. The molecule has 3 aromatic heterocycles. The smallest absolute Gasteiger partial charge is 0.182 e. The molecule has 1 aliphatic carbocycles. The average molecular weight is 649 g/mol. The number of thiophene rings is 1. The van der Waals surface area contributed by atoms with Gasteiger partial charge in [0.15, 0.2) is 29.4 Å². The molecule has 0 saturated heterocycles. The van der Waals surface area contributed by atoms with E-state index in [0.717, 1.165) is 38.1 Å². The molecule has 0 bridgehead atoms. The highest BCUT2D eigenvalue weighted by Crippen LogP contribution is 2.53. The summed E-state index contributed by atoms with van der Waals surface area (Å²) in [6.45, 7) is 4.59. The first-order valence-corrected chi connectivity index (χ1v) is 17.2. The first-order valence-electron chi connectivity index (χ1n) is 16.4. The second-order valence-corrected chi connectivity index (χ2v) is 14.1. The van der Waals surface area contributed by atoms with Gasteiger partial charge in [-0.05, 0) is 46.0 Å². The highest BCUT2D eigenvalue weighted by atomic mass is 32.1. The summed E-state index contributed by atoms with van der Waals surface area (Å²) in [5.41, 5.74) is 11.8. The Kier molecular flexibility index (Phi) is 6.02. The van der Waals surface area contributed by atoms with Crippen LogP contribution in [0.2, 0.25) is 0 Å². The summed E-state index contributed by atoms with van der Waals surface area (Å²) >= 11 is 1.80. The van der Waals surface area contributed by atoms with Crippen LogP contribution in [0.25, 0.3) is 87.7 Å². The van der Waals surface area contributed by atoms with Crippen molar-refractivity contribution >= 4 is 42.6 Å². The van der Waals surface area contributed by atoms with Crippen molar-refractivity contribution < 1.29 is 4.42 Å². The molecule has 9 aromatic rings. The Morgan fingerprint density at radius 2 is 1.14 bits per heavy atom. The van der Waals surface area contributed by atoms with E-state index in [4.69, 9.17) is 19.4 Å². The molecular formula is C43H28N4OS. The molecule has 10 rings (SSSR count). The topological polar surface area (TPSA) is 64.7 Å². The van der Waals surface area contributed by atoms with E-state index < -0.39 is 0 Å². The van der Waals surface area contributed by atoms with Gasteiger partial charge in [0.05, 0.1) is 0 Å². The van der Waals surface area contributed by atoms with Crippen LogP contribution in [0.5, 0.6) is 0 Å². The average Bonchev–Trinajstić information content (AvgIpc) is 3.85. The van der Waals surface area contributed by atoms with Crippen LogP contribution in [0.1, 0.15) is 25.0 Å². The van der Waals surface area contributed by atoms with Gasteiger partial charge in [0.2, 0.25) is 0 Å². The third-order valence-electron chi connectivity index (χ3n) is 9.91. The van der Waals surface area contributed by atoms with Gasteiger partial charge >= 0.3 is 0 Å². The lowest BCUT2D eigenvalue weighted by Crippen LogP contribution is -2.14. The van der Waals surface area contributed by atoms with Gasteiger partial charge in [0.1, 0.15) is 5.52 Å². The summed E-state index contributed by atoms with van der Waals surface area (Å²) in [7, 11) is 0. The molecule has 0 N–H and O–H groups in total. The first-order chi connectivity index (χ1) is 24.0. The third kappa shape index (κ3) is 4.24. The van der Waals surface area contributed by atoms with Crippen LogP contribution in [-0.2, 0) is 5.41 Å². The maximum Gasteiger partial charge on any atom is 0.182 e. The van der Waals surface area contributed by atoms with Crippen molar-refractivity contribution in [3.63, 3.8) is 0 Å². The van der Waals surface area contributed by atoms with Gasteiger partial charge < -0.3 is 4.42 Å². The molecule has 49 heavy (non-hydrogen) atoms. The zero-order valence-electron chi connectivity index (χ0n) is 26.8. The monoisotopic (exact) mass is 648 g/mol. The van der Waals surface area contributed by atoms with E-state index in [-0.39, 0.29) is 5.41 Å². The number of oxazole rings is 1. The molecule has 0 aliphatic heterocycles. The van der Waals surface area contributed by atoms with Crippen molar-refractivity contribution in [2.75, 3.05) is 0 Å². The molecule has 0 spiro atoms. The highest BCUT2D eigenvalue weighted by molar-refractivity contribution is 7.26. The van der Waals surface area contributed by atoms with Gasteiger partial charge in [-0.1, -0.05) is 123 Å². The third-order valence-corrected chi connectivity index (χ3v) is 11.2. The van der Waals surface area contributed by atoms with Crippen LogP contribution in [-0.4, -0.2) is 19.9 Å². The number of benzene rings is 6. The number of aromatic nitrogens is 4. The van der Waals surface area contributed by atoms with Gasteiger partial charge in [-0.25, -0.2) is 19.9 Å². The van der Waals surface area contributed by atoms with E-state index >= 15 is 0 Å². The SMILES string of the molecule is CC1(C)c2ccc(-c3cccc4c3sc3c(-c5nc(-c6ccccc6)nc(-c6ccccc6)n5)cccc34)cc2-c2c1ccc1ncoc21. The van der Waals surface area contributed by atoms with Crippen LogP contribution in [0.3, 0.4) is 0 Å². The fraction of sp³-hybridized carbons (Fsp3) is 0.0698. The summed E-state index contributed by atoms with van der Waals surface area (Å²) in [6.07, 6.45) is 1.55. The van der Waals surface area contributed by atoms with Crippen LogP contribution < -0.4 is 0 Å². The number of nitrogens with zero attached hydrogens (tertiary/aromatic N) is 4. The van der Waals surface area contributed by atoms with Crippen molar-refractivity contribution in [1.29, 1.82) is 0 Å². The molecule has 0 saturated carbocycles. The van der Waals surface area contributed by atoms with Crippen molar-refractivity contribution in [3.05, 3.63) is 145 Å². The largest absolute Gasteiger partial charge is 0.443 e. The van der Waals surface area contributed by atoms with E-state index in [1.165, 1.54) is 43.3 Å². The van der Waals surface area contributed by atoms with E-state index in [1.807, 2.05) is 60.7 Å². The summed E-state index contributed by atoms with van der Waals surface area (Å²) in [4.78, 5) is 19.5. The molecule has 0 radical (unpaired) electrons. The van der Waals surface area contributed by atoms with E-state index in [9.17, 15) is 0 Å². The van der Waals surface area contributed by atoms with Gasteiger partial charge in [-0.3, -0.25) is 0 Å². The van der Waals surface area contributed by atoms with Gasteiger partial charge in [0, 0.05) is 47.8 Å². The summed E-state index contributed by atoms with van der Waals surface area (Å²) in [5, 5.41) is 2.41. The minimum atomic E-state index is -0.134. The zero-order chi connectivity index (χ0) is 32.7. The highest BCUT2D eigenvalue weighted by Gasteiger charge is 2.37. The lowest BCUT2D eigenvalue weighted by atomic mass is 9.82.